The predicted octanol–water partition coefficient (Wildman–Crippen LogP) is 5.68. The molecule has 0 heterocycles. The maximum Gasteiger partial charge on any atom is 0.192 e. The summed E-state index contributed by atoms with van der Waals surface area (Å²) in [5.74, 6) is 0.838. The van der Waals surface area contributed by atoms with Crippen LogP contribution in [0.3, 0.4) is 0 Å². The van der Waals surface area contributed by atoms with Crippen molar-refractivity contribution in [2.24, 2.45) is 0 Å². The van der Waals surface area contributed by atoms with Crippen LogP contribution in [0.1, 0.15) is 46.1 Å². The second-order valence-electron chi connectivity index (χ2n) is 7.53. The van der Waals surface area contributed by atoms with Crippen LogP contribution in [0, 0.1) is 0 Å². The van der Waals surface area contributed by atoms with E-state index in [0.717, 1.165) is 18.6 Å². The van der Waals surface area contributed by atoms with Crippen LogP contribution < -0.4 is 0 Å². The van der Waals surface area contributed by atoms with Crippen molar-refractivity contribution in [3.05, 3.63) is 35.9 Å². The summed E-state index contributed by atoms with van der Waals surface area (Å²) in [5, 5.41) is 0.420. The molecule has 0 fully saturated rings. The molecule has 0 saturated carbocycles. The maximum atomic E-state index is 12.1. The van der Waals surface area contributed by atoms with Crippen LogP contribution in [-0.2, 0) is 15.6 Å². The van der Waals surface area contributed by atoms with E-state index >= 15 is 0 Å². The number of benzene rings is 1. The van der Waals surface area contributed by atoms with Gasteiger partial charge < -0.3 is 4.43 Å². The zero-order valence-corrected chi connectivity index (χ0v) is 17.3. The molecular weight excluding hydrogens is 320 g/mol. The minimum Gasteiger partial charge on any atom is -0.413 e. The Kier molecular flexibility index (Phi) is 8.05. The molecule has 1 aromatic rings. The molecule has 2 nitrogen and oxygen atoms in total. The van der Waals surface area contributed by atoms with E-state index in [2.05, 4.69) is 58.1 Å². The van der Waals surface area contributed by atoms with Gasteiger partial charge in [-0.2, -0.15) is 0 Å². The summed E-state index contributed by atoms with van der Waals surface area (Å²) < 4.78 is 6.55. The molecule has 4 heteroatoms. The fourth-order valence-electron chi connectivity index (χ4n) is 2.17. The third kappa shape index (κ3) is 7.23. The molecular formula is C19H32O2SSi. The van der Waals surface area contributed by atoms with E-state index in [1.54, 1.807) is 0 Å². The van der Waals surface area contributed by atoms with Crippen LogP contribution in [0.2, 0.25) is 18.1 Å². The van der Waals surface area contributed by atoms with Crippen LogP contribution in [0.25, 0.3) is 0 Å². The van der Waals surface area contributed by atoms with Crippen LogP contribution >= 0.6 is 11.8 Å². The summed E-state index contributed by atoms with van der Waals surface area (Å²) in [6.07, 6.45) is 2.43. The fraction of sp³-hybridized carbons (Fsp3) is 0.632. The Bertz CT molecular complexity index is 480. The first-order valence-corrected chi connectivity index (χ1v) is 12.4. The van der Waals surface area contributed by atoms with Crippen molar-refractivity contribution in [3.63, 3.8) is 0 Å². The summed E-state index contributed by atoms with van der Waals surface area (Å²) in [7, 11) is -1.86. The van der Waals surface area contributed by atoms with Gasteiger partial charge in [0.25, 0.3) is 0 Å². The lowest BCUT2D eigenvalue weighted by Gasteiger charge is -2.39. The van der Waals surface area contributed by atoms with Crippen molar-refractivity contribution in [2.75, 3.05) is 5.75 Å². The Labute approximate surface area is 147 Å². The van der Waals surface area contributed by atoms with Gasteiger partial charge in [-0.1, -0.05) is 69.8 Å². The second kappa shape index (κ2) is 9.05. The quantitative estimate of drug-likeness (QED) is 0.563. The molecule has 0 aliphatic rings. The molecule has 0 amide bonds. The molecule has 1 rings (SSSR count). The van der Waals surface area contributed by atoms with Crippen LogP contribution in [0.4, 0.5) is 0 Å². The SMILES string of the molecule is CCSC(=O)CC(CCc1ccccc1)O[Si](C)(C)C(C)(C)C. The summed E-state index contributed by atoms with van der Waals surface area (Å²) in [4.78, 5) is 12.1. The first-order chi connectivity index (χ1) is 10.7. The van der Waals surface area contributed by atoms with E-state index < -0.39 is 8.32 Å². The van der Waals surface area contributed by atoms with Crippen molar-refractivity contribution in [3.8, 4) is 0 Å². The highest BCUT2D eigenvalue weighted by molar-refractivity contribution is 8.13. The lowest BCUT2D eigenvalue weighted by molar-refractivity contribution is -0.112. The highest BCUT2D eigenvalue weighted by atomic mass is 32.2. The number of rotatable bonds is 8. The Morgan fingerprint density at radius 3 is 2.35 bits per heavy atom. The number of aryl methyl sites for hydroxylation is 1. The molecule has 0 aromatic heterocycles. The Balaban J connectivity index is 2.74. The smallest absolute Gasteiger partial charge is 0.192 e. The molecule has 1 unspecified atom stereocenters. The average Bonchev–Trinajstić information content (AvgIpc) is 2.44. The highest BCUT2D eigenvalue weighted by Crippen LogP contribution is 2.38. The molecule has 0 spiro atoms. The monoisotopic (exact) mass is 352 g/mol. The zero-order valence-electron chi connectivity index (χ0n) is 15.5. The average molecular weight is 353 g/mol. The van der Waals surface area contributed by atoms with Crippen molar-refractivity contribution in [1.82, 2.24) is 0 Å². The van der Waals surface area contributed by atoms with Crippen LogP contribution in [0.15, 0.2) is 30.3 Å². The third-order valence-corrected chi connectivity index (χ3v) is 9.88. The molecule has 0 saturated heterocycles. The standard InChI is InChI=1S/C19H32O2SSi/c1-7-22-18(20)15-17(21-23(5,6)19(2,3)4)14-13-16-11-9-8-10-12-16/h8-12,17H,7,13-15H2,1-6H3. The largest absolute Gasteiger partial charge is 0.413 e. The van der Waals surface area contributed by atoms with Crippen molar-refractivity contribution in [1.29, 1.82) is 0 Å². The Hall–Kier alpha value is -0.583. The van der Waals surface area contributed by atoms with Gasteiger partial charge in [0.15, 0.2) is 13.4 Å². The van der Waals surface area contributed by atoms with Gasteiger partial charge in [-0.05, 0) is 42.3 Å². The molecule has 0 aliphatic carbocycles. The number of carbonyl (C=O) groups is 1. The lowest BCUT2D eigenvalue weighted by atomic mass is 10.1. The lowest BCUT2D eigenvalue weighted by Crippen LogP contribution is -2.44. The minimum absolute atomic E-state index is 0.0302. The minimum atomic E-state index is -1.86. The Morgan fingerprint density at radius 1 is 1.22 bits per heavy atom. The van der Waals surface area contributed by atoms with Crippen molar-refractivity contribution < 1.29 is 9.22 Å². The summed E-state index contributed by atoms with van der Waals surface area (Å²) in [5.41, 5.74) is 1.31. The molecule has 1 atom stereocenters. The van der Waals surface area contributed by atoms with Gasteiger partial charge in [0.2, 0.25) is 0 Å². The fourth-order valence-corrected chi connectivity index (χ4v) is 4.19. The van der Waals surface area contributed by atoms with E-state index in [1.165, 1.54) is 17.3 Å². The van der Waals surface area contributed by atoms with Crippen molar-refractivity contribution in [2.45, 2.75) is 71.2 Å². The van der Waals surface area contributed by atoms with Crippen LogP contribution in [0.5, 0.6) is 0 Å². The van der Waals surface area contributed by atoms with E-state index in [4.69, 9.17) is 4.43 Å². The maximum absolute atomic E-state index is 12.1. The van der Waals surface area contributed by atoms with Gasteiger partial charge in [0, 0.05) is 6.42 Å². The van der Waals surface area contributed by atoms with Gasteiger partial charge in [-0.15, -0.1) is 0 Å². The predicted molar refractivity (Wildman–Crippen MR) is 105 cm³/mol. The van der Waals surface area contributed by atoms with Gasteiger partial charge >= 0.3 is 0 Å². The van der Waals surface area contributed by atoms with Crippen LogP contribution in [-0.4, -0.2) is 25.3 Å². The van der Waals surface area contributed by atoms with E-state index in [1.807, 2.05) is 13.0 Å². The molecule has 23 heavy (non-hydrogen) atoms. The highest BCUT2D eigenvalue weighted by Gasteiger charge is 2.39. The van der Waals surface area contributed by atoms with Gasteiger partial charge in [-0.3, -0.25) is 4.79 Å². The number of carbonyl (C=O) groups excluding carboxylic acids is 1. The van der Waals surface area contributed by atoms with Gasteiger partial charge in [0.1, 0.15) is 0 Å². The normalized spacial score (nSPS) is 13.8. The molecule has 130 valence electrons. The first-order valence-electron chi connectivity index (χ1n) is 8.53. The third-order valence-electron chi connectivity index (χ3n) is 4.56. The summed E-state index contributed by atoms with van der Waals surface area (Å²) in [6.45, 7) is 13.3. The number of hydrogen-bond acceptors (Lipinski definition) is 3. The molecule has 0 radical (unpaired) electrons. The van der Waals surface area contributed by atoms with Crippen molar-refractivity contribution >= 4 is 25.2 Å². The van der Waals surface area contributed by atoms with E-state index in [-0.39, 0.29) is 16.3 Å². The molecule has 0 aliphatic heterocycles. The number of thioether (sulfide) groups is 1. The topological polar surface area (TPSA) is 26.3 Å². The molecule has 1 aromatic carbocycles. The summed E-state index contributed by atoms with van der Waals surface area (Å²) in [6, 6.07) is 10.5. The zero-order chi connectivity index (χ0) is 17.5. The van der Waals surface area contributed by atoms with Gasteiger partial charge in [0.05, 0.1) is 6.10 Å². The van der Waals surface area contributed by atoms with Gasteiger partial charge in [-0.25, -0.2) is 0 Å². The summed E-state index contributed by atoms with van der Waals surface area (Å²) >= 11 is 1.41. The number of hydrogen-bond donors (Lipinski definition) is 0. The Morgan fingerprint density at radius 2 is 1.83 bits per heavy atom. The first kappa shape index (κ1) is 20.5. The van der Waals surface area contributed by atoms with E-state index in [0.29, 0.717) is 6.42 Å². The van der Waals surface area contributed by atoms with E-state index in [9.17, 15) is 4.79 Å². The molecule has 0 N–H and O–H groups in total. The molecule has 0 bridgehead atoms. The second-order valence-corrected chi connectivity index (χ2v) is 13.6.